The van der Waals surface area contributed by atoms with E-state index in [4.69, 9.17) is 0 Å². The van der Waals surface area contributed by atoms with Crippen molar-refractivity contribution in [3.8, 4) is 0 Å². The molecule has 0 fully saturated rings. The number of carbonyl (C=O) groups excluding carboxylic acids is 2. The summed E-state index contributed by atoms with van der Waals surface area (Å²) in [6, 6.07) is 0. The molecule has 0 atom stereocenters. The molecular formula is C8H12O4Sn. The van der Waals surface area contributed by atoms with Gasteiger partial charge in [-0.15, -0.1) is 13.2 Å². The minimum atomic E-state index is -1.08. The van der Waals surface area contributed by atoms with Crippen molar-refractivity contribution in [2.75, 3.05) is 0 Å². The molecule has 0 saturated heterocycles. The minimum absolute atomic E-state index is 0. The third-order valence-electron chi connectivity index (χ3n) is 0.622. The first-order valence-corrected chi connectivity index (χ1v) is 3.16. The molecule has 0 saturated carbocycles. The summed E-state index contributed by atoms with van der Waals surface area (Å²) < 4.78 is 0. The van der Waals surface area contributed by atoms with Crippen LogP contribution in [-0.4, -0.2) is 35.8 Å². The monoisotopic (exact) mass is 292 g/mol. The Morgan fingerprint density at radius 3 is 1.23 bits per heavy atom. The van der Waals surface area contributed by atoms with Gasteiger partial charge in [0.05, 0.1) is 0 Å². The van der Waals surface area contributed by atoms with E-state index in [0.717, 1.165) is 0 Å². The molecule has 13 heavy (non-hydrogen) atoms. The molecule has 0 N–H and O–H groups in total. The molecule has 0 aliphatic heterocycles. The zero-order valence-electron chi connectivity index (χ0n) is 7.32. The number of carboxylic acids is 2. The van der Waals surface area contributed by atoms with Crippen molar-refractivity contribution >= 4 is 35.8 Å². The number of carbonyl (C=O) groups is 2. The Balaban J connectivity index is -0.000000143. The summed E-state index contributed by atoms with van der Waals surface area (Å²) in [5, 5.41) is 18.8. The topological polar surface area (TPSA) is 80.3 Å². The van der Waals surface area contributed by atoms with Gasteiger partial charge in [0, 0.05) is 24.8 Å². The molecule has 0 rings (SSSR count). The normalized spacial score (nSPS) is 6.77. The van der Waals surface area contributed by atoms with Crippen LogP contribution < -0.4 is 10.2 Å². The number of rotatable bonds is 4. The number of hydrogen-bond donors (Lipinski definition) is 0. The Bertz CT molecular complexity index is 157. The predicted molar refractivity (Wildman–Crippen MR) is 48.2 cm³/mol. The molecule has 5 heteroatoms. The molecule has 4 nitrogen and oxygen atoms in total. The first-order chi connectivity index (χ1) is 5.54. The standard InChI is InChI=1S/2C4H6O2.Sn.2H/c2*1-2-3-4(5)6;;;/h2*2H,1,3H2,(H,5,6);;;/q;;+2;;/p-2. The second kappa shape index (κ2) is 13.8. The van der Waals surface area contributed by atoms with Crippen molar-refractivity contribution in [1.82, 2.24) is 0 Å². The van der Waals surface area contributed by atoms with E-state index in [-0.39, 0.29) is 36.7 Å². The van der Waals surface area contributed by atoms with E-state index in [1.807, 2.05) is 0 Å². The molecular weight excluding hydrogens is 279 g/mol. The average Bonchev–Trinajstić information content (AvgIpc) is 1.87. The first kappa shape index (κ1) is 18.1. The van der Waals surface area contributed by atoms with Gasteiger partial charge in [0.15, 0.2) is 0 Å². The summed E-state index contributed by atoms with van der Waals surface area (Å²) in [4.78, 5) is 18.8. The molecule has 0 amide bonds. The van der Waals surface area contributed by atoms with Crippen molar-refractivity contribution in [1.29, 1.82) is 0 Å². The van der Waals surface area contributed by atoms with Gasteiger partial charge < -0.3 is 19.8 Å². The van der Waals surface area contributed by atoms with Crippen LogP contribution in [0.25, 0.3) is 0 Å². The summed E-state index contributed by atoms with van der Waals surface area (Å²) >= 11 is 0. The van der Waals surface area contributed by atoms with Gasteiger partial charge in [-0.3, -0.25) is 0 Å². The molecule has 0 aliphatic carbocycles. The van der Waals surface area contributed by atoms with Gasteiger partial charge in [-0.2, -0.15) is 0 Å². The zero-order chi connectivity index (χ0) is 9.98. The van der Waals surface area contributed by atoms with Crippen molar-refractivity contribution in [3.63, 3.8) is 0 Å². The van der Waals surface area contributed by atoms with Gasteiger partial charge in [-0.25, -0.2) is 0 Å². The second-order valence-electron chi connectivity index (χ2n) is 1.73. The van der Waals surface area contributed by atoms with Gasteiger partial charge in [0.25, 0.3) is 0 Å². The first-order valence-electron chi connectivity index (χ1n) is 3.16. The Kier molecular flexibility index (Phi) is 19.2. The van der Waals surface area contributed by atoms with E-state index < -0.39 is 11.9 Å². The Labute approximate surface area is 93.9 Å². The molecule has 72 valence electrons. The van der Waals surface area contributed by atoms with Crippen LogP contribution in [0.3, 0.4) is 0 Å². The summed E-state index contributed by atoms with van der Waals surface area (Å²) in [6.45, 7) is 6.36. The van der Waals surface area contributed by atoms with E-state index in [9.17, 15) is 19.8 Å². The van der Waals surface area contributed by atoms with Gasteiger partial charge >= 0.3 is 23.9 Å². The van der Waals surface area contributed by atoms with Crippen LogP contribution in [-0.2, 0) is 9.59 Å². The van der Waals surface area contributed by atoms with Crippen LogP contribution in [0.2, 0.25) is 0 Å². The summed E-state index contributed by atoms with van der Waals surface area (Å²) in [6.07, 6.45) is 2.46. The second-order valence-corrected chi connectivity index (χ2v) is 1.73. The Hall–Kier alpha value is -0.781. The zero-order valence-corrected chi connectivity index (χ0v) is 11.4. The van der Waals surface area contributed by atoms with Crippen LogP contribution in [0.5, 0.6) is 0 Å². The number of hydrogen-bond acceptors (Lipinski definition) is 4. The summed E-state index contributed by atoms with van der Waals surface area (Å²) in [7, 11) is 0. The Morgan fingerprint density at radius 1 is 1.00 bits per heavy atom. The number of aliphatic carboxylic acids is 2. The van der Waals surface area contributed by atoms with E-state index in [1.54, 1.807) is 0 Å². The van der Waals surface area contributed by atoms with E-state index in [1.165, 1.54) is 12.2 Å². The van der Waals surface area contributed by atoms with Crippen LogP contribution >= 0.6 is 0 Å². The molecule has 0 bridgehead atoms. The third kappa shape index (κ3) is 35.0. The van der Waals surface area contributed by atoms with Crippen molar-refractivity contribution in [2.45, 2.75) is 12.8 Å². The van der Waals surface area contributed by atoms with Crippen LogP contribution in [0.1, 0.15) is 12.8 Å². The van der Waals surface area contributed by atoms with Crippen molar-refractivity contribution in [2.24, 2.45) is 0 Å². The number of carboxylic acid groups (broad SMARTS) is 2. The van der Waals surface area contributed by atoms with Gasteiger partial charge in [0.1, 0.15) is 0 Å². The molecule has 0 heterocycles. The molecule has 0 aromatic rings. The molecule has 0 aromatic heterocycles. The van der Waals surface area contributed by atoms with E-state index in [0.29, 0.717) is 0 Å². The maximum atomic E-state index is 9.42. The van der Waals surface area contributed by atoms with E-state index in [2.05, 4.69) is 13.2 Å². The fraction of sp³-hybridized carbons (Fsp3) is 0.250. The molecule has 0 spiro atoms. The van der Waals surface area contributed by atoms with Crippen LogP contribution in [0.4, 0.5) is 0 Å². The summed E-state index contributed by atoms with van der Waals surface area (Å²) in [5.74, 6) is -2.16. The summed E-state index contributed by atoms with van der Waals surface area (Å²) in [5.41, 5.74) is 0. The van der Waals surface area contributed by atoms with Crippen molar-refractivity contribution < 1.29 is 19.8 Å². The molecule has 0 aromatic carbocycles. The average molecular weight is 291 g/mol. The molecule has 0 unspecified atom stereocenters. The van der Waals surface area contributed by atoms with Gasteiger partial charge in [-0.05, 0) is 0 Å². The fourth-order valence-electron chi connectivity index (χ4n) is 0.236. The third-order valence-corrected chi connectivity index (χ3v) is 0.622. The quantitative estimate of drug-likeness (QED) is 0.431. The maximum absolute atomic E-state index is 9.42. The molecule has 0 radical (unpaired) electrons. The molecule has 0 aliphatic rings. The van der Waals surface area contributed by atoms with E-state index >= 15 is 0 Å². The van der Waals surface area contributed by atoms with Gasteiger partial charge in [-0.1, -0.05) is 12.2 Å². The fourth-order valence-corrected chi connectivity index (χ4v) is 0.236. The van der Waals surface area contributed by atoms with Gasteiger partial charge in [0.2, 0.25) is 0 Å². The van der Waals surface area contributed by atoms with Crippen LogP contribution in [0, 0.1) is 0 Å². The Morgan fingerprint density at radius 2 is 1.23 bits per heavy atom. The van der Waals surface area contributed by atoms with Crippen LogP contribution in [0.15, 0.2) is 25.3 Å². The van der Waals surface area contributed by atoms with Crippen molar-refractivity contribution in [3.05, 3.63) is 25.3 Å². The SMILES string of the molecule is C=CCC(=O)[O-].C=CCC(=O)[O-].[SnH2+2]. The predicted octanol–water partition coefficient (Wildman–Crippen LogP) is -2.29.